The second-order valence-corrected chi connectivity index (χ2v) is 11.8. The minimum absolute atomic E-state index is 0.0402. The van der Waals surface area contributed by atoms with Crippen LogP contribution in [-0.4, -0.2) is 56.4 Å². The van der Waals surface area contributed by atoms with Gasteiger partial charge in [-0.3, -0.25) is 13.9 Å². The van der Waals surface area contributed by atoms with E-state index in [0.717, 1.165) is 43.4 Å². The molecule has 2 aromatic heterocycles. The van der Waals surface area contributed by atoms with Gasteiger partial charge in [-0.25, -0.2) is 19.0 Å². The Morgan fingerprint density at radius 2 is 1.75 bits per heavy atom. The molecule has 0 aromatic carbocycles. The number of hydrogen-bond donors (Lipinski definition) is 2. The number of fused-ring (bicyclic) bond motifs is 1. The van der Waals surface area contributed by atoms with Gasteiger partial charge in [0.2, 0.25) is 0 Å². The summed E-state index contributed by atoms with van der Waals surface area (Å²) in [5, 5.41) is 6.34. The summed E-state index contributed by atoms with van der Waals surface area (Å²) in [5.41, 5.74) is -1.04. The first kappa shape index (κ1) is 26.7. The zero-order chi connectivity index (χ0) is 25.9. The maximum Gasteiger partial charge on any atom is 0.407 e. The molecule has 2 N–H and O–H groups in total. The van der Waals surface area contributed by atoms with Crippen molar-refractivity contribution < 1.29 is 13.9 Å². The number of alkyl carbamates (subject to hydrolysis) is 1. The average molecular weight is 522 g/mol. The molecular formula is C25H36FN5O4S. The van der Waals surface area contributed by atoms with Gasteiger partial charge in [-0.2, -0.15) is 11.8 Å². The normalized spacial score (nSPS) is 21.4. The fraction of sp³-hybridized carbons (Fsp3) is 0.680. The Bertz CT molecular complexity index is 1190. The second kappa shape index (κ2) is 11.3. The molecule has 4 rings (SSSR count). The van der Waals surface area contributed by atoms with Crippen LogP contribution in [0.1, 0.15) is 71.4 Å². The first-order valence-electron chi connectivity index (χ1n) is 12.7. The van der Waals surface area contributed by atoms with E-state index in [9.17, 15) is 18.8 Å². The van der Waals surface area contributed by atoms with Gasteiger partial charge in [-0.1, -0.05) is 0 Å². The summed E-state index contributed by atoms with van der Waals surface area (Å²) < 4.78 is 22.3. The Balaban J connectivity index is 1.45. The van der Waals surface area contributed by atoms with Crippen molar-refractivity contribution in [1.29, 1.82) is 0 Å². The van der Waals surface area contributed by atoms with Crippen LogP contribution in [0.5, 0.6) is 0 Å². The standard InChI is InChI=1S/C25H36FN5O4S/c1-25(2,3)35-23(33)28-11-10-27-17-4-6-18(7-5-17)31-22(32)20-14-16(26)15-29-21(20)30(24(31)34)19-8-12-36-13-9-19/h14-15,17-19,27H,4-13H2,1-3H3,(H,28,33). The summed E-state index contributed by atoms with van der Waals surface area (Å²) >= 11 is 1.85. The lowest BCUT2D eigenvalue weighted by molar-refractivity contribution is 0.0527. The van der Waals surface area contributed by atoms with Gasteiger partial charge in [-0.05, 0) is 76.9 Å². The highest BCUT2D eigenvalue weighted by Gasteiger charge is 2.29. The third-order valence-electron chi connectivity index (χ3n) is 6.77. The van der Waals surface area contributed by atoms with E-state index in [4.69, 9.17) is 4.74 Å². The summed E-state index contributed by atoms with van der Waals surface area (Å²) in [6.07, 6.45) is 5.21. The van der Waals surface area contributed by atoms with Crippen molar-refractivity contribution in [2.45, 2.75) is 83.0 Å². The quantitative estimate of drug-likeness (QED) is 0.562. The predicted octanol–water partition coefficient (Wildman–Crippen LogP) is 3.36. The number of aromatic nitrogens is 3. The molecule has 9 nitrogen and oxygen atoms in total. The third kappa shape index (κ3) is 6.29. The third-order valence-corrected chi connectivity index (χ3v) is 7.82. The van der Waals surface area contributed by atoms with Crippen molar-refractivity contribution in [3.63, 3.8) is 0 Å². The number of carbonyl (C=O) groups excluding carboxylic acids is 1. The van der Waals surface area contributed by atoms with E-state index >= 15 is 0 Å². The van der Waals surface area contributed by atoms with E-state index in [1.165, 1.54) is 10.6 Å². The number of amides is 1. The number of nitrogens with zero attached hydrogens (tertiary/aromatic N) is 3. The highest BCUT2D eigenvalue weighted by molar-refractivity contribution is 7.99. The van der Waals surface area contributed by atoms with Gasteiger partial charge < -0.3 is 15.4 Å². The summed E-state index contributed by atoms with van der Waals surface area (Å²) in [5.74, 6) is 1.31. The molecular weight excluding hydrogens is 485 g/mol. The number of thioether (sulfide) groups is 1. The van der Waals surface area contributed by atoms with Crippen LogP contribution < -0.4 is 21.9 Å². The van der Waals surface area contributed by atoms with E-state index in [1.807, 2.05) is 32.5 Å². The van der Waals surface area contributed by atoms with E-state index < -0.39 is 23.1 Å². The van der Waals surface area contributed by atoms with Gasteiger partial charge in [0.1, 0.15) is 17.1 Å². The zero-order valence-electron chi connectivity index (χ0n) is 21.2. The molecule has 198 valence electrons. The molecule has 11 heteroatoms. The lowest BCUT2D eigenvalue weighted by Gasteiger charge is -2.31. The van der Waals surface area contributed by atoms with Crippen molar-refractivity contribution in [1.82, 2.24) is 24.8 Å². The van der Waals surface area contributed by atoms with Crippen LogP contribution in [-0.2, 0) is 4.74 Å². The molecule has 0 unspecified atom stereocenters. The van der Waals surface area contributed by atoms with Crippen LogP contribution in [0, 0.1) is 5.82 Å². The molecule has 0 atom stereocenters. The number of pyridine rings is 1. The van der Waals surface area contributed by atoms with Crippen LogP contribution >= 0.6 is 11.8 Å². The summed E-state index contributed by atoms with van der Waals surface area (Å²) in [6.45, 7) is 6.50. The van der Waals surface area contributed by atoms with E-state index in [1.54, 1.807) is 4.57 Å². The molecule has 3 heterocycles. The van der Waals surface area contributed by atoms with Gasteiger partial charge in [0.15, 0.2) is 0 Å². The zero-order valence-corrected chi connectivity index (χ0v) is 22.0. The minimum Gasteiger partial charge on any atom is -0.444 e. The van der Waals surface area contributed by atoms with Crippen LogP contribution in [0.4, 0.5) is 9.18 Å². The highest BCUT2D eigenvalue weighted by Crippen LogP contribution is 2.30. The average Bonchev–Trinajstić information content (AvgIpc) is 2.83. The molecule has 1 aliphatic carbocycles. The fourth-order valence-corrected chi connectivity index (χ4v) is 6.17. The SMILES string of the molecule is CC(C)(C)OC(=O)NCCNC1CCC(n2c(=O)c3cc(F)cnc3n(C3CCSCC3)c2=O)CC1. The van der Waals surface area contributed by atoms with Gasteiger partial charge in [-0.15, -0.1) is 0 Å². The van der Waals surface area contributed by atoms with E-state index in [2.05, 4.69) is 15.6 Å². The Hall–Kier alpha value is -2.40. The Morgan fingerprint density at radius 1 is 1.08 bits per heavy atom. The van der Waals surface area contributed by atoms with E-state index in [0.29, 0.717) is 25.9 Å². The van der Waals surface area contributed by atoms with Crippen LogP contribution in [0.2, 0.25) is 0 Å². The van der Waals surface area contributed by atoms with Crippen molar-refractivity contribution >= 4 is 28.9 Å². The molecule has 1 saturated carbocycles. The van der Waals surface area contributed by atoms with Gasteiger partial charge in [0.25, 0.3) is 5.56 Å². The Morgan fingerprint density at radius 3 is 2.42 bits per heavy atom. The predicted molar refractivity (Wildman–Crippen MR) is 139 cm³/mol. The molecule has 0 bridgehead atoms. The second-order valence-electron chi connectivity index (χ2n) is 10.6. The topological polar surface area (TPSA) is 107 Å². The molecule has 1 saturated heterocycles. The van der Waals surface area contributed by atoms with Crippen molar-refractivity contribution in [2.75, 3.05) is 24.6 Å². The monoisotopic (exact) mass is 521 g/mol. The molecule has 0 radical (unpaired) electrons. The number of rotatable bonds is 6. The van der Waals surface area contributed by atoms with Crippen molar-refractivity contribution in [3.05, 3.63) is 38.9 Å². The molecule has 2 aliphatic rings. The first-order valence-corrected chi connectivity index (χ1v) is 13.9. The first-order chi connectivity index (χ1) is 17.1. The lowest BCUT2D eigenvalue weighted by atomic mass is 9.91. The molecule has 0 spiro atoms. The summed E-state index contributed by atoms with van der Waals surface area (Å²) in [6, 6.07) is 1.16. The number of halogens is 1. The van der Waals surface area contributed by atoms with Gasteiger partial charge >= 0.3 is 11.8 Å². The summed E-state index contributed by atoms with van der Waals surface area (Å²) in [7, 11) is 0. The molecule has 1 amide bonds. The van der Waals surface area contributed by atoms with Crippen LogP contribution in [0.3, 0.4) is 0 Å². The molecule has 36 heavy (non-hydrogen) atoms. The smallest absolute Gasteiger partial charge is 0.407 e. The Kier molecular flexibility index (Phi) is 8.39. The van der Waals surface area contributed by atoms with Crippen LogP contribution in [0.25, 0.3) is 11.0 Å². The number of carbonyl (C=O) groups is 1. The largest absolute Gasteiger partial charge is 0.444 e. The number of hydrogen-bond acceptors (Lipinski definition) is 7. The maximum atomic E-state index is 14.1. The Labute approximate surface area is 214 Å². The fourth-order valence-electron chi connectivity index (χ4n) is 5.09. The summed E-state index contributed by atoms with van der Waals surface area (Å²) in [4.78, 5) is 43.0. The van der Waals surface area contributed by atoms with Crippen molar-refractivity contribution in [2.24, 2.45) is 0 Å². The maximum absolute atomic E-state index is 14.1. The highest BCUT2D eigenvalue weighted by atomic mass is 32.2. The number of ether oxygens (including phenoxy) is 1. The molecule has 2 fully saturated rings. The van der Waals surface area contributed by atoms with E-state index in [-0.39, 0.29) is 34.8 Å². The molecule has 1 aliphatic heterocycles. The van der Waals surface area contributed by atoms with Gasteiger partial charge in [0, 0.05) is 31.2 Å². The minimum atomic E-state index is -0.580. The van der Waals surface area contributed by atoms with Crippen LogP contribution in [0.15, 0.2) is 21.9 Å². The lowest BCUT2D eigenvalue weighted by Crippen LogP contribution is -2.46. The van der Waals surface area contributed by atoms with Crippen molar-refractivity contribution in [3.8, 4) is 0 Å². The molecule has 2 aromatic rings. The number of nitrogens with one attached hydrogen (secondary N) is 2. The van der Waals surface area contributed by atoms with Gasteiger partial charge in [0.05, 0.1) is 11.6 Å².